The summed E-state index contributed by atoms with van der Waals surface area (Å²) in [5.74, 6) is -0.194. The van der Waals surface area contributed by atoms with E-state index in [9.17, 15) is 13.2 Å². The summed E-state index contributed by atoms with van der Waals surface area (Å²) in [7, 11) is -3.30. The van der Waals surface area contributed by atoms with Crippen LogP contribution in [0.3, 0.4) is 0 Å². The molecular weight excluding hydrogens is 384 g/mol. The van der Waals surface area contributed by atoms with Gasteiger partial charge in [0.05, 0.1) is 11.9 Å². The highest BCUT2D eigenvalue weighted by Crippen LogP contribution is 2.31. The van der Waals surface area contributed by atoms with Crippen molar-refractivity contribution in [1.82, 2.24) is 0 Å². The number of sulfonamides is 1. The summed E-state index contributed by atoms with van der Waals surface area (Å²) < 4.78 is 25.4. The maximum Gasteiger partial charge on any atom is 0.255 e. The van der Waals surface area contributed by atoms with E-state index < -0.39 is 10.0 Å². The molecule has 0 fully saturated rings. The van der Waals surface area contributed by atoms with Gasteiger partial charge in [0.25, 0.3) is 5.91 Å². The Balaban J connectivity index is 1.52. The molecule has 0 saturated heterocycles. The third-order valence-electron chi connectivity index (χ3n) is 5.07. The lowest BCUT2D eigenvalue weighted by Crippen LogP contribution is -2.34. The highest BCUT2D eigenvalue weighted by Gasteiger charge is 2.24. The first-order valence-corrected chi connectivity index (χ1v) is 11.3. The molecule has 5 nitrogen and oxygen atoms in total. The minimum absolute atomic E-state index is 0.194. The van der Waals surface area contributed by atoms with Crippen LogP contribution in [0.5, 0.6) is 0 Å². The van der Waals surface area contributed by atoms with Gasteiger partial charge in [0.2, 0.25) is 10.0 Å². The first-order valence-electron chi connectivity index (χ1n) is 9.49. The normalized spacial score (nSPS) is 13.6. The van der Waals surface area contributed by atoms with E-state index in [2.05, 4.69) is 5.32 Å². The van der Waals surface area contributed by atoms with Gasteiger partial charge in [-0.1, -0.05) is 42.5 Å². The second kappa shape index (κ2) is 7.72. The average Bonchev–Trinajstić information content (AvgIpc) is 2.73. The number of aryl methyl sites for hydroxylation is 1. The molecule has 1 N–H and O–H groups in total. The predicted molar refractivity (Wildman–Crippen MR) is 117 cm³/mol. The Morgan fingerprint density at radius 2 is 1.62 bits per heavy atom. The molecule has 1 amide bonds. The molecule has 3 aromatic carbocycles. The highest BCUT2D eigenvalue weighted by atomic mass is 32.2. The summed E-state index contributed by atoms with van der Waals surface area (Å²) in [5, 5.41) is 2.91. The minimum Gasteiger partial charge on any atom is -0.322 e. The van der Waals surface area contributed by atoms with Gasteiger partial charge in [-0.25, -0.2) is 8.42 Å². The number of carbonyl (C=O) groups is 1. The predicted octanol–water partition coefficient (Wildman–Crippen LogP) is 4.32. The summed E-state index contributed by atoms with van der Waals surface area (Å²) in [5.41, 5.74) is 5.01. The van der Waals surface area contributed by atoms with Crippen LogP contribution in [0.25, 0.3) is 11.1 Å². The van der Waals surface area contributed by atoms with Crippen molar-refractivity contribution in [1.29, 1.82) is 0 Å². The second-order valence-corrected chi connectivity index (χ2v) is 9.09. The fourth-order valence-electron chi connectivity index (χ4n) is 3.63. The first kappa shape index (κ1) is 19.2. The molecule has 4 rings (SSSR count). The van der Waals surface area contributed by atoms with Crippen LogP contribution < -0.4 is 9.62 Å². The Kier molecular flexibility index (Phi) is 5.11. The summed E-state index contributed by atoms with van der Waals surface area (Å²) in [6, 6.07) is 22.9. The van der Waals surface area contributed by atoms with Gasteiger partial charge in [-0.05, 0) is 59.9 Å². The first-order chi connectivity index (χ1) is 13.9. The van der Waals surface area contributed by atoms with E-state index in [1.54, 1.807) is 12.1 Å². The lowest BCUT2D eigenvalue weighted by atomic mass is 10.0. The van der Waals surface area contributed by atoms with Gasteiger partial charge >= 0.3 is 0 Å². The molecule has 0 bridgehead atoms. The van der Waals surface area contributed by atoms with Crippen LogP contribution in [0.4, 0.5) is 11.4 Å². The monoisotopic (exact) mass is 406 g/mol. The topological polar surface area (TPSA) is 66.5 Å². The van der Waals surface area contributed by atoms with E-state index in [1.165, 1.54) is 10.6 Å². The number of rotatable bonds is 4. The smallest absolute Gasteiger partial charge is 0.255 e. The third-order valence-corrected chi connectivity index (χ3v) is 6.25. The number of carbonyl (C=O) groups excluding carboxylic acids is 1. The Bertz CT molecular complexity index is 1140. The molecule has 0 radical (unpaired) electrons. The van der Waals surface area contributed by atoms with Crippen molar-refractivity contribution in [3.8, 4) is 11.1 Å². The molecule has 1 aliphatic rings. The number of hydrogen-bond donors (Lipinski definition) is 1. The third kappa shape index (κ3) is 4.17. The van der Waals surface area contributed by atoms with Crippen molar-refractivity contribution >= 4 is 27.3 Å². The van der Waals surface area contributed by atoms with Crippen molar-refractivity contribution in [3.63, 3.8) is 0 Å². The van der Waals surface area contributed by atoms with E-state index >= 15 is 0 Å². The molecular formula is C23H22N2O3S. The van der Waals surface area contributed by atoms with Crippen LogP contribution in [0.2, 0.25) is 0 Å². The standard InChI is InChI=1S/C23H22N2O3S/c1-29(27,28)25-15-5-8-20-16-21(13-14-22(20)25)24-23(26)19-11-9-18(10-12-19)17-6-3-2-4-7-17/h2-4,6-7,9-14,16H,5,8,15H2,1H3,(H,24,26). The van der Waals surface area contributed by atoms with Crippen molar-refractivity contribution in [3.05, 3.63) is 83.9 Å². The molecule has 1 aliphatic heterocycles. The van der Waals surface area contributed by atoms with Crippen LogP contribution in [0.15, 0.2) is 72.8 Å². The van der Waals surface area contributed by atoms with Crippen LogP contribution in [-0.4, -0.2) is 27.1 Å². The molecule has 0 spiro atoms. The Labute approximate surface area is 171 Å². The maximum atomic E-state index is 12.6. The zero-order chi connectivity index (χ0) is 20.4. The van der Waals surface area contributed by atoms with Gasteiger partial charge in [0, 0.05) is 17.8 Å². The van der Waals surface area contributed by atoms with E-state index in [0.29, 0.717) is 23.5 Å². The molecule has 0 aromatic heterocycles. The van der Waals surface area contributed by atoms with Gasteiger partial charge < -0.3 is 5.32 Å². The molecule has 0 aliphatic carbocycles. The van der Waals surface area contributed by atoms with Crippen LogP contribution in [0.1, 0.15) is 22.3 Å². The van der Waals surface area contributed by atoms with E-state index in [0.717, 1.165) is 29.5 Å². The average molecular weight is 407 g/mol. The quantitative estimate of drug-likeness (QED) is 0.702. The van der Waals surface area contributed by atoms with Gasteiger partial charge in [0.1, 0.15) is 0 Å². The largest absolute Gasteiger partial charge is 0.322 e. The number of amides is 1. The molecule has 148 valence electrons. The highest BCUT2D eigenvalue weighted by molar-refractivity contribution is 7.92. The molecule has 6 heteroatoms. The fraction of sp³-hybridized carbons (Fsp3) is 0.174. The zero-order valence-electron chi connectivity index (χ0n) is 16.1. The van der Waals surface area contributed by atoms with Crippen molar-refractivity contribution < 1.29 is 13.2 Å². The van der Waals surface area contributed by atoms with Gasteiger partial charge in [-0.3, -0.25) is 9.10 Å². The summed E-state index contributed by atoms with van der Waals surface area (Å²) in [6.45, 7) is 0.491. The lowest BCUT2D eigenvalue weighted by Gasteiger charge is -2.29. The van der Waals surface area contributed by atoms with Crippen molar-refractivity contribution in [2.75, 3.05) is 22.4 Å². The zero-order valence-corrected chi connectivity index (χ0v) is 16.9. The lowest BCUT2D eigenvalue weighted by molar-refractivity contribution is 0.102. The molecule has 29 heavy (non-hydrogen) atoms. The van der Waals surface area contributed by atoms with Gasteiger partial charge in [0.15, 0.2) is 0 Å². The Morgan fingerprint density at radius 3 is 2.31 bits per heavy atom. The second-order valence-electron chi connectivity index (χ2n) is 7.18. The minimum atomic E-state index is -3.30. The fourth-order valence-corrected chi connectivity index (χ4v) is 4.63. The van der Waals surface area contributed by atoms with Crippen LogP contribution in [-0.2, 0) is 16.4 Å². The summed E-state index contributed by atoms with van der Waals surface area (Å²) in [4.78, 5) is 12.6. The Hall–Kier alpha value is -3.12. The summed E-state index contributed by atoms with van der Waals surface area (Å²) in [6.07, 6.45) is 2.77. The number of nitrogens with zero attached hydrogens (tertiary/aromatic N) is 1. The number of benzene rings is 3. The molecule has 0 unspecified atom stereocenters. The summed E-state index contributed by atoms with van der Waals surface area (Å²) >= 11 is 0. The van der Waals surface area contributed by atoms with Gasteiger partial charge in [-0.2, -0.15) is 0 Å². The molecule has 0 atom stereocenters. The van der Waals surface area contributed by atoms with E-state index in [1.807, 2.05) is 60.7 Å². The number of nitrogens with one attached hydrogen (secondary N) is 1. The molecule has 3 aromatic rings. The van der Waals surface area contributed by atoms with E-state index in [-0.39, 0.29) is 5.91 Å². The van der Waals surface area contributed by atoms with Crippen LogP contribution in [0, 0.1) is 0 Å². The van der Waals surface area contributed by atoms with Crippen molar-refractivity contribution in [2.45, 2.75) is 12.8 Å². The van der Waals surface area contributed by atoms with Crippen molar-refractivity contribution in [2.24, 2.45) is 0 Å². The van der Waals surface area contributed by atoms with Crippen LogP contribution >= 0.6 is 0 Å². The molecule has 1 heterocycles. The van der Waals surface area contributed by atoms with E-state index in [4.69, 9.17) is 0 Å². The Morgan fingerprint density at radius 1 is 0.931 bits per heavy atom. The molecule has 0 saturated carbocycles. The SMILES string of the molecule is CS(=O)(=O)N1CCCc2cc(NC(=O)c3ccc(-c4ccccc4)cc3)ccc21. The number of fused-ring (bicyclic) bond motifs is 1. The maximum absolute atomic E-state index is 12.6. The number of hydrogen-bond acceptors (Lipinski definition) is 3. The number of anilines is 2. The van der Waals surface area contributed by atoms with Gasteiger partial charge in [-0.15, -0.1) is 0 Å².